The molecule has 3 rings (SSSR count). The van der Waals surface area contributed by atoms with Gasteiger partial charge in [-0.05, 0) is 31.2 Å². The molecule has 134 valence electrons. The summed E-state index contributed by atoms with van der Waals surface area (Å²) in [5.41, 5.74) is 1.65. The molecule has 9 heteroatoms. The Morgan fingerprint density at radius 1 is 1.15 bits per heavy atom. The molecule has 2 amide bonds. The molecule has 2 N–H and O–H groups in total. The number of benzene rings is 1. The summed E-state index contributed by atoms with van der Waals surface area (Å²) in [6.45, 7) is 2.50. The first-order chi connectivity index (χ1) is 12.5. The molecule has 0 aliphatic rings. The van der Waals surface area contributed by atoms with Gasteiger partial charge in [0.1, 0.15) is 5.69 Å². The zero-order chi connectivity index (χ0) is 18.7. The van der Waals surface area contributed by atoms with E-state index in [-0.39, 0.29) is 16.6 Å². The molecular formula is C17H17ClN6O2. The summed E-state index contributed by atoms with van der Waals surface area (Å²) in [5.74, 6) is -0.705. The van der Waals surface area contributed by atoms with Crippen LogP contribution >= 0.6 is 11.6 Å². The van der Waals surface area contributed by atoms with Crippen molar-refractivity contribution in [1.29, 1.82) is 0 Å². The second kappa shape index (κ2) is 7.40. The Kier molecular flexibility index (Phi) is 5.04. The van der Waals surface area contributed by atoms with Crippen molar-refractivity contribution >= 4 is 34.8 Å². The van der Waals surface area contributed by atoms with Gasteiger partial charge in [0.25, 0.3) is 11.8 Å². The molecule has 1 aromatic carbocycles. The Balaban J connectivity index is 1.73. The third-order valence-corrected chi connectivity index (χ3v) is 3.90. The van der Waals surface area contributed by atoms with E-state index in [4.69, 9.17) is 11.6 Å². The third-order valence-electron chi connectivity index (χ3n) is 3.63. The molecule has 0 aliphatic carbocycles. The summed E-state index contributed by atoms with van der Waals surface area (Å²) in [6, 6.07) is 8.46. The van der Waals surface area contributed by atoms with Crippen LogP contribution < -0.4 is 10.6 Å². The molecule has 26 heavy (non-hydrogen) atoms. The normalized spacial score (nSPS) is 10.6. The van der Waals surface area contributed by atoms with Crippen molar-refractivity contribution in [3.8, 4) is 0 Å². The molecule has 3 aromatic rings. The molecule has 8 nitrogen and oxygen atoms in total. The Morgan fingerprint density at radius 2 is 1.85 bits per heavy atom. The number of anilines is 2. The summed E-state index contributed by atoms with van der Waals surface area (Å²) in [6.07, 6.45) is 3.12. The largest absolute Gasteiger partial charge is 0.321 e. The van der Waals surface area contributed by atoms with E-state index in [1.165, 1.54) is 4.68 Å². The van der Waals surface area contributed by atoms with Crippen LogP contribution in [0.15, 0.2) is 42.7 Å². The Morgan fingerprint density at radius 3 is 2.46 bits per heavy atom. The quantitative estimate of drug-likeness (QED) is 0.720. The Hall–Kier alpha value is -3.13. The average Bonchev–Trinajstić information content (AvgIpc) is 3.21. The molecular weight excluding hydrogens is 356 g/mol. The molecule has 0 bridgehead atoms. The standard InChI is InChI=1S/C17H17ClN6O2/c1-3-24-14(7-8-19-24)16(25)20-11-5-4-6-12(9-11)21-17(26)15-13(18)10-23(2)22-15/h4-10H,3H2,1-2H3,(H,20,25)(H,21,26). The number of amides is 2. The number of halogens is 1. The van der Waals surface area contributed by atoms with Crippen LogP contribution in [0.5, 0.6) is 0 Å². The lowest BCUT2D eigenvalue weighted by Gasteiger charge is -2.09. The summed E-state index contributed by atoms with van der Waals surface area (Å²) in [7, 11) is 1.68. The van der Waals surface area contributed by atoms with Crippen LogP contribution in [0.2, 0.25) is 5.02 Å². The number of aromatic nitrogens is 4. The molecule has 2 heterocycles. The summed E-state index contributed by atoms with van der Waals surface area (Å²) in [5, 5.41) is 13.9. The molecule has 0 saturated heterocycles. The number of carbonyl (C=O) groups is 2. The number of nitrogens with one attached hydrogen (secondary N) is 2. The van der Waals surface area contributed by atoms with Gasteiger partial charge in [-0.3, -0.25) is 19.0 Å². The van der Waals surface area contributed by atoms with Crippen molar-refractivity contribution < 1.29 is 9.59 Å². The van der Waals surface area contributed by atoms with E-state index < -0.39 is 5.91 Å². The number of carbonyl (C=O) groups excluding carboxylic acids is 2. The zero-order valence-corrected chi connectivity index (χ0v) is 15.0. The zero-order valence-electron chi connectivity index (χ0n) is 14.2. The first-order valence-electron chi connectivity index (χ1n) is 7.91. The third kappa shape index (κ3) is 3.75. The topological polar surface area (TPSA) is 93.8 Å². The Labute approximate surface area is 154 Å². The second-order valence-corrected chi connectivity index (χ2v) is 5.93. The highest BCUT2D eigenvalue weighted by molar-refractivity contribution is 6.34. The van der Waals surface area contributed by atoms with E-state index in [0.717, 1.165) is 0 Å². The van der Waals surface area contributed by atoms with E-state index in [1.54, 1.807) is 54.5 Å². The predicted octanol–water partition coefficient (Wildman–Crippen LogP) is 2.79. The predicted molar refractivity (Wildman–Crippen MR) is 98.5 cm³/mol. The van der Waals surface area contributed by atoms with E-state index in [9.17, 15) is 9.59 Å². The molecule has 0 radical (unpaired) electrons. The van der Waals surface area contributed by atoms with Crippen LogP contribution in [0.3, 0.4) is 0 Å². The maximum absolute atomic E-state index is 12.4. The van der Waals surface area contributed by atoms with Gasteiger partial charge >= 0.3 is 0 Å². The van der Waals surface area contributed by atoms with Gasteiger partial charge in [-0.25, -0.2) is 0 Å². The highest BCUT2D eigenvalue weighted by atomic mass is 35.5. The number of nitrogens with zero attached hydrogens (tertiary/aromatic N) is 4. The van der Waals surface area contributed by atoms with Crippen molar-refractivity contribution in [2.24, 2.45) is 7.05 Å². The lowest BCUT2D eigenvalue weighted by atomic mass is 10.2. The number of hydrogen-bond acceptors (Lipinski definition) is 4. The summed E-state index contributed by atoms with van der Waals surface area (Å²) < 4.78 is 3.06. The van der Waals surface area contributed by atoms with Crippen LogP contribution in [0.1, 0.15) is 27.9 Å². The number of hydrogen-bond donors (Lipinski definition) is 2. The van der Waals surface area contributed by atoms with Crippen LogP contribution in [0, 0.1) is 0 Å². The van der Waals surface area contributed by atoms with E-state index in [1.807, 2.05) is 6.92 Å². The molecule has 0 saturated carbocycles. The maximum atomic E-state index is 12.4. The van der Waals surface area contributed by atoms with Crippen LogP contribution in [0.4, 0.5) is 11.4 Å². The van der Waals surface area contributed by atoms with Gasteiger partial charge in [0, 0.05) is 37.4 Å². The van der Waals surface area contributed by atoms with Gasteiger partial charge in [0.15, 0.2) is 5.69 Å². The van der Waals surface area contributed by atoms with Crippen molar-refractivity contribution in [1.82, 2.24) is 19.6 Å². The molecule has 0 spiro atoms. The van der Waals surface area contributed by atoms with Crippen LogP contribution in [0.25, 0.3) is 0 Å². The van der Waals surface area contributed by atoms with Gasteiger partial charge in [0.05, 0.1) is 5.02 Å². The van der Waals surface area contributed by atoms with Gasteiger partial charge in [-0.2, -0.15) is 10.2 Å². The van der Waals surface area contributed by atoms with Gasteiger partial charge in [-0.15, -0.1) is 0 Å². The van der Waals surface area contributed by atoms with Crippen molar-refractivity contribution in [3.05, 3.63) is 59.1 Å². The minimum absolute atomic E-state index is 0.135. The lowest BCUT2D eigenvalue weighted by molar-refractivity contribution is 0.101. The molecule has 2 aromatic heterocycles. The maximum Gasteiger partial charge on any atom is 0.277 e. The van der Waals surface area contributed by atoms with E-state index >= 15 is 0 Å². The van der Waals surface area contributed by atoms with E-state index in [0.29, 0.717) is 23.6 Å². The van der Waals surface area contributed by atoms with Gasteiger partial charge < -0.3 is 10.6 Å². The highest BCUT2D eigenvalue weighted by Gasteiger charge is 2.16. The van der Waals surface area contributed by atoms with Crippen LogP contribution in [-0.4, -0.2) is 31.4 Å². The first kappa shape index (κ1) is 17.7. The smallest absolute Gasteiger partial charge is 0.277 e. The van der Waals surface area contributed by atoms with Crippen molar-refractivity contribution in [3.63, 3.8) is 0 Å². The number of aryl methyl sites for hydroxylation is 2. The van der Waals surface area contributed by atoms with Crippen LogP contribution in [-0.2, 0) is 13.6 Å². The SMILES string of the molecule is CCn1nccc1C(=O)Nc1cccc(NC(=O)c2nn(C)cc2Cl)c1. The van der Waals surface area contributed by atoms with Gasteiger partial charge in [-0.1, -0.05) is 17.7 Å². The van der Waals surface area contributed by atoms with Crippen molar-refractivity contribution in [2.75, 3.05) is 10.6 Å². The summed E-state index contributed by atoms with van der Waals surface area (Å²) >= 11 is 5.98. The summed E-state index contributed by atoms with van der Waals surface area (Å²) in [4.78, 5) is 24.6. The van der Waals surface area contributed by atoms with Gasteiger partial charge in [0.2, 0.25) is 0 Å². The first-order valence-corrected chi connectivity index (χ1v) is 8.29. The monoisotopic (exact) mass is 372 g/mol. The fraction of sp³-hybridized carbons (Fsp3) is 0.176. The molecule has 0 unspecified atom stereocenters. The average molecular weight is 373 g/mol. The second-order valence-electron chi connectivity index (χ2n) is 5.52. The lowest BCUT2D eigenvalue weighted by Crippen LogP contribution is -2.18. The van der Waals surface area contributed by atoms with Crippen molar-refractivity contribution in [2.45, 2.75) is 13.5 Å². The minimum atomic E-state index is -0.428. The molecule has 0 aliphatic heterocycles. The minimum Gasteiger partial charge on any atom is -0.321 e. The molecule has 0 atom stereocenters. The van der Waals surface area contributed by atoms with E-state index in [2.05, 4.69) is 20.8 Å². The Bertz CT molecular complexity index is 962. The number of rotatable bonds is 5. The fourth-order valence-corrected chi connectivity index (χ4v) is 2.72. The fourth-order valence-electron chi connectivity index (χ4n) is 2.45. The molecule has 0 fully saturated rings. The highest BCUT2D eigenvalue weighted by Crippen LogP contribution is 2.19.